The zero-order valence-corrected chi connectivity index (χ0v) is 27.5. The van der Waals surface area contributed by atoms with Gasteiger partial charge in [-0.3, -0.25) is 9.36 Å². The van der Waals surface area contributed by atoms with Crippen LogP contribution in [0.2, 0.25) is 0 Å². The average Bonchev–Trinajstić information content (AvgIpc) is 3.22. The Morgan fingerprint density at radius 3 is 1.93 bits per heavy atom. The third-order valence-corrected chi connectivity index (χ3v) is 9.71. The van der Waals surface area contributed by atoms with Crippen molar-refractivity contribution in [3.05, 3.63) is 0 Å². The van der Waals surface area contributed by atoms with Crippen molar-refractivity contribution in [2.24, 2.45) is 0 Å². The highest BCUT2D eigenvalue weighted by Crippen LogP contribution is 2.44. The van der Waals surface area contributed by atoms with Crippen LogP contribution in [0.5, 0.6) is 0 Å². The molecule has 0 saturated carbocycles. The lowest BCUT2D eigenvalue weighted by Gasteiger charge is -2.28. The van der Waals surface area contributed by atoms with Gasteiger partial charge < -0.3 is 50.7 Å². The number of carboxylic acid groups (broad SMARTS) is 1. The van der Waals surface area contributed by atoms with Crippen molar-refractivity contribution in [2.75, 3.05) is 19.4 Å². The molecule has 0 radical (unpaired) electrons. The van der Waals surface area contributed by atoms with Gasteiger partial charge >= 0.3 is 13.6 Å². The van der Waals surface area contributed by atoms with Gasteiger partial charge in [0.2, 0.25) is 5.91 Å². The molecule has 13 nitrogen and oxygen atoms in total. The largest absolute Gasteiger partial charge is 0.479 e. The van der Waals surface area contributed by atoms with Crippen LogP contribution in [0.25, 0.3) is 0 Å². The fraction of sp³-hybridized carbons (Fsp3) is 0.933. The van der Waals surface area contributed by atoms with E-state index in [-0.39, 0.29) is 18.9 Å². The normalized spacial score (nSPS) is 24.4. The molecule has 260 valence electrons. The number of aliphatic hydroxyl groups is 5. The molecule has 0 bridgehead atoms. The molecule has 9 N–H and O–H groups in total. The number of unbranched alkanes of at least 4 members (excludes halogenated alkanes) is 10. The second kappa shape index (κ2) is 21.6. The third kappa shape index (κ3) is 16.4. The number of rotatable bonds is 26. The highest BCUT2D eigenvalue weighted by molar-refractivity contribution is 7.52. The van der Waals surface area contributed by atoms with E-state index in [0.29, 0.717) is 6.42 Å². The molecule has 1 amide bonds. The fourth-order valence-electron chi connectivity index (χ4n) is 5.43. The Hall–Kier alpha value is -1.15. The predicted octanol–water partition coefficient (Wildman–Crippen LogP) is 2.19. The number of amides is 1. The van der Waals surface area contributed by atoms with Crippen molar-refractivity contribution in [2.45, 2.75) is 159 Å². The minimum atomic E-state index is -4.50. The van der Waals surface area contributed by atoms with E-state index in [1.807, 2.05) is 0 Å². The van der Waals surface area contributed by atoms with Crippen LogP contribution in [-0.4, -0.2) is 109 Å². The van der Waals surface area contributed by atoms with Crippen LogP contribution in [0, 0.1) is 0 Å². The molecule has 0 aromatic carbocycles. The van der Waals surface area contributed by atoms with Gasteiger partial charge in [0.25, 0.3) is 0 Å². The molecule has 3 unspecified atom stereocenters. The predicted molar refractivity (Wildman–Crippen MR) is 166 cm³/mol. The zero-order valence-electron chi connectivity index (χ0n) is 26.6. The minimum Gasteiger partial charge on any atom is -0.479 e. The average molecular weight is 655 g/mol. The number of aliphatic hydroxyl groups excluding tert-OH is 5. The standard InChI is InChI=1S/C30H59N2O11P/c1-3-4-5-12-15-22(34)16-13-10-8-6-7-9-11-14-17-26(36)32-30(2,29(39)40)21-43-44(41,42)20-23(35)18-24-27(37)28(38)25(19-33)31-24/h22-25,27-28,31,33-35,37-38H,3-21H2,1-2H3,(H,32,36)(H,39,40)(H,41,42)/t22?,23-,24-,25-,27-,28-,30?/m1/s1. The van der Waals surface area contributed by atoms with Crippen molar-refractivity contribution in [1.29, 1.82) is 0 Å². The SMILES string of the molecule is CCCCCCC(O)CCCCCCCCCCC(=O)NC(C)(COP(=O)(O)C[C@H](O)C[C@H]1N[C@H](CO)[C@@H](O)[C@@H]1O)C(=O)O. The summed E-state index contributed by atoms with van der Waals surface area (Å²) in [7, 11) is -4.50. The molecule has 1 fully saturated rings. The lowest BCUT2D eigenvalue weighted by molar-refractivity contribution is -0.148. The number of carbonyl (C=O) groups is 2. The van der Waals surface area contributed by atoms with E-state index in [9.17, 15) is 49.7 Å². The molecule has 14 heteroatoms. The molecule has 1 saturated heterocycles. The van der Waals surface area contributed by atoms with Gasteiger partial charge in [0, 0.05) is 12.5 Å². The zero-order chi connectivity index (χ0) is 33.2. The summed E-state index contributed by atoms with van der Waals surface area (Å²) in [5.41, 5.74) is -1.97. The topological polar surface area (TPSA) is 226 Å². The number of carbonyl (C=O) groups excluding carboxylic acids is 1. The van der Waals surface area contributed by atoms with Crippen molar-refractivity contribution < 1.29 is 54.2 Å². The molecule has 0 aromatic rings. The first-order chi connectivity index (χ1) is 20.7. The van der Waals surface area contributed by atoms with Crippen LogP contribution < -0.4 is 10.6 Å². The van der Waals surface area contributed by atoms with Gasteiger partial charge in [0.15, 0.2) is 5.54 Å². The molecule has 1 aliphatic rings. The van der Waals surface area contributed by atoms with Crippen molar-refractivity contribution >= 4 is 19.5 Å². The van der Waals surface area contributed by atoms with E-state index in [1.165, 1.54) is 26.2 Å². The van der Waals surface area contributed by atoms with Crippen LogP contribution in [0.3, 0.4) is 0 Å². The van der Waals surface area contributed by atoms with Gasteiger partial charge in [-0.2, -0.15) is 0 Å². The maximum absolute atomic E-state index is 12.5. The van der Waals surface area contributed by atoms with Gasteiger partial charge in [0.05, 0.1) is 49.8 Å². The Morgan fingerprint density at radius 2 is 1.41 bits per heavy atom. The number of carboxylic acids is 1. The van der Waals surface area contributed by atoms with Gasteiger partial charge in [0.1, 0.15) is 0 Å². The van der Waals surface area contributed by atoms with E-state index in [4.69, 9.17) is 4.52 Å². The van der Waals surface area contributed by atoms with E-state index in [0.717, 1.165) is 64.2 Å². The Kier molecular flexibility index (Phi) is 20.1. The van der Waals surface area contributed by atoms with Crippen molar-refractivity contribution in [1.82, 2.24) is 10.6 Å². The number of hydrogen-bond acceptors (Lipinski definition) is 10. The molecule has 0 aliphatic carbocycles. The van der Waals surface area contributed by atoms with Crippen LogP contribution in [0.4, 0.5) is 0 Å². The van der Waals surface area contributed by atoms with Crippen molar-refractivity contribution in [3.63, 3.8) is 0 Å². The van der Waals surface area contributed by atoms with Gasteiger partial charge in [-0.05, 0) is 32.6 Å². The lowest BCUT2D eigenvalue weighted by Crippen LogP contribution is -2.55. The molecule has 8 atom stereocenters. The summed E-state index contributed by atoms with van der Waals surface area (Å²) >= 11 is 0. The van der Waals surface area contributed by atoms with Crippen LogP contribution in [-0.2, 0) is 18.7 Å². The number of hydrogen-bond donors (Lipinski definition) is 9. The Labute approximate surface area is 262 Å². The van der Waals surface area contributed by atoms with Crippen LogP contribution >= 0.6 is 7.60 Å². The highest BCUT2D eigenvalue weighted by Gasteiger charge is 2.43. The summed E-state index contributed by atoms with van der Waals surface area (Å²) in [6, 6.07) is -1.64. The first-order valence-corrected chi connectivity index (χ1v) is 18.1. The second-order valence-electron chi connectivity index (χ2n) is 12.6. The molecular formula is C30H59N2O11P. The van der Waals surface area contributed by atoms with E-state index in [2.05, 4.69) is 17.6 Å². The fourth-order valence-corrected chi connectivity index (χ4v) is 6.68. The number of nitrogens with one attached hydrogen (secondary N) is 2. The maximum Gasteiger partial charge on any atom is 0.331 e. The quantitative estimate of drug-likeness (QED) is 0.0483. The Morgan fingerprint density at radius 1 is 0.886 bits per heavy atom. The summed E-state index contributed by atoms with van der Waals surface area (Å²) in [4.78, 5) is 34.5. The van der Waals surface area contributed by atoms with E-state index < -0.39 is 74.8 Å². The summed E-state index contributed by atoms with van der Waals surface area (Å²) < 4.78 is 17.5. The summed E-state index contributed by atoms with van der Waals surface area (Å²) in [6.45, 7) is 2.10. The molecule has 0 spiro atoms. The molecular weight excluding hydrogens is 595 g/mol. The monoisotopic (exact) mass is 654 g/mol. The summed E-state index contributed by atoms with van der Waals surface area (Å²) in [5.74, 6) is -1.96. The number of aliphatic carboxylic acids is 1. The summed E-state index contributed by atoms with van der Waals surface area (Å²) in [5, 5.41) is 64.2. The third-order valence-electron chi connectivity index (χ3n) is 8.29. The lowest BCUT2D eigenvalue weighted by atomic mass is 10.0. The smallest absolute Gasteiger partial charge is 0.331 e. The maximum atomic E-state index is 12.5. The first kappa shape index (κ1) is 40.9. The van der Waals surface area contributed by atoms with Crippen LogP contribution in [0.15, 0.2) is 0 Å². The molecule has 44 heavy (non-hydrogen) atoms. The molecule has 1 rings (SSSR count). The second-order valence-corrected chi connectivity index (χ2v) is 14.5. The van der Waals surface area contributed by atoms with Crippen LogP contribution in [0.1, 0.15) is 117 Å². The Balaban J connectivity index is 2.27. The van der Waals surface area contributed by atoms with E-state index in [1.54, 1.807) is 0 Å². The summed E-state index contributed by atoms with van der Waals surface area (Å²) in [6.07, 6.45) is 9.11. The molecule has 1 aliphatic heterocycles. The van der Waals surface area contributed by atoms with Crippen molar-refractivity contribution in [3.8, 4) is 0 Å². The van der Waals surface area contributed by atoms with Gasteiger partial charge in [-0.1, -0.05) is 77.6 Å². The molecule has 0 aromatic heterocycles. The first-order valence-electron chi connectivity index (χ1n) is 16.3. The van der Waals surface area contributed by atoms with Gasteiger partial charge in [-0.15, -0.1) is 0 Å². The molecule has 1 heterocycles. The Bertz CT molecular complexity index is 867. The minimum absolute atomic E-state index is 0.103. The highest BCUT2D eigenvalue weighted by atomic mass is 31.2. The van der Waals surface area contributed by atoms with E-state index >= 15 is 0 Å². The van der Waals surface area contributed by atoms with Gasteiger partial charge in [-0.25, -0.2) is 4.79 Å².